The molecule has 4 nitrogen and oxygen atoms in total. The molecule has 2 aromatic rings. The first-order chi connectivity index (χ1) is 8.50. The quantitative estimate of drug-likeness (QED) is 0.924. The molecule has 18 heavy (non-hydrogen) atoms. The van der Waals surface area contributed by atoms with Gasteiger partial charge >= 0.3 is 5.97 Å². The number of aromatic carboxylic acids is 1. The van der Waals surface area contributed by atoms with Crippen molar-refractivity contribution in [2.24, 2.45) is 0 Å². The van der Waals surface area contributed by atoms with Gasteiger partial charge in [-0.15, -0.1) is 0 Å². The van der Waals surface area contributed by atoms with E-state index < -0.39 is 11.5 Å². The van der Waals surface area contributed by atoms with Crippen LogP contribution in [0.3, 0.4) is 0 Å². The molecule has 0 fully saturated rings. The summed E-state index contributed by atoms with van der Waals surface area (Å²) < 4.78 is 1.50. The summed E-state index contributed by atoms with van der Waals surface area (Å²) in [4.78, 5) is 23.3. The maximum absolute atomic E-state index is 12.2. The van der Waals surface area contributed by atoms with Crippen LogP contribution in [0.1, 0.15) is 27.2 Å². The number of aryl methyl sites for hydroxylation is 2. The fourth-order valence-electron chi connectivity index (χ4n) is 1.95. The molecule has 0 spiro atoms. The van der Waals surface area contributed by atoms with Gasteiger partial charge in [-0.05, 0) is 47.9 Å². The molecule has 0 radical (unpaired) electrons. The molecule has 0 bridgehead atoms. The van der Waals surface area contributed by atoms with Gasteiger partial charge < -0.3 is 9.67 Å². The molecule has 0 unspecified atom stereocenters. The first-order valence-corrected chi connectivity index (χ1v) is 6.40. The summed E-state index contributed by atoms with van der Waals surface area (Å²) in [5, 5.41) is 13.0. The van der Waals surface area contributed by atoms with Crippen LogP contribution < -0.4 is 5.56 Å². The number of aromatic nitrogens is 1. The lowest BCUT2D eigenvalue weighted by Crippen LogP contribution is -2.29. The first kappa shape index (κ1) is 12.6. The molecule has 0 aliphatic carbocycles. The van der Waals surface area contributed by atoms with E-state index >= 15 is 0 Å². The average molecular weight is 263 g/mol. The Morgan fingerprint density at radius 1 is 1.44 bits per heavy atom. The molecule has 0 aromatic carbocycles. The Morgan fingerprint density at radius 2 is 2.17 bits per heavy atom. The third-order valence-corrected chi connectivity index (χ3v) is 3.57. The average Bonchev–Trinajstić information content (AvgIpc) is 2.75. The van der Waals surface area contributed by atoms with Gasteiger partial charge in [0.1, 0.15) is 5.56 Å². The monoisotopic (exact) mass is 263 g/mol. The minimum Gasteiger partial charge on any atom is -0.477 e. The predicted molar refractivity (Wildman–Crippen MR) is 70.6 cm³/mol. The van der Waals surface area contributed by atoms with Crippen LogP contribution in [0, 0.1) is 13.8 Å². The molecule has 94 valence electrons. The lowest BCUT2D eigenvalue weighted by molar-refractivity contribution is 0.0693. The highest BCUT2D eigenvalue weighted by Crippen LogP contribution is 2.11. The first-order valence-electron chi connectivity index (χ1n) is 5.46. The fraction of sp³-hybridized carbons (Fsp3) is 0.231. The van der Waals surface area contributed by atoms with Crippen molar-refractivity contribution in [2.45, 2.75) is 20.4 Å². The van der Waals surface area contributed by atoms with Crippen LogP contribution in [0.4, 0.5) is 0 Å². The summed E-state index contributed by atoms with van der Waals surface area (Å²) in [6.45, 7) is 3.87. The predicted octanol–water partition coefficient (Wildman–Crippen LogP) is 2.27. The molecule has 1 N–H and O–H groups in total. The van der Waals surface area contributed by atoms with Gasteiger partial charge in [-0.2, -0.15) is 11.3 Å². The molecular weight excluding hydrogens is 250 g/mol. The summed E-state index contributed by atoms with van der Waals surface area (Å²) in [5.74, 6) is -1.17. The van der Waals surface area contributed by atoms with Crippen molar-refractivity contribution in [3.8, 4) is 0 Å². The third kappa shape index (κ3) is 2.22. The van der Waals surface area contributed by atoms with E-state index in [9.17, 15) is 9.59 Å². The highest BCUT2D eigenvalue weighted by atomic mass is 32.1. The van der Waals surface area contributed by atoms with Gasteiger partial charge in [0.05, 0.1) is 6.54 Å². The minimum atomic E-state index is -1.17. The van der Waals surface area contributed by atoms with Gasteiger partial charge in [-0.3, -0.25) is 4.79 Å². The number of rotatable bonds is 3. The lowest BCUT2D eigenvalue weighted by Gasteiger charge is -2.12. The van der Waals surface area contributed by atoms with E-state index in [2.05, 4.69) is 0 Å². The third-order valence-electron chi connectivity index (χ3n) is 2.84. The number of carbonyl (C=O) groups is 1. The highest BCUT2D eigenvalue weighted by Gasteiger charge is 2.16. The van der Waals surface area contributed by atoms with Gasteiger partial charge in [0.2, 0.25) is 0 Å². The maximum atomic E-state index is 12.2. The lowest BCUT2D eigenvalue weighted by atomic mass is 10.1. The largest absolute Gasteiger partial charge is 0.477 e. The van der Waals surface area contributed by atoms with E-state index in [1.807, 2.05) is 23.8 Å². The molecular formula is C13H13NO3S. The van der Waals surface area contributed by atoms with Gasteiger partial charge in [-0.1, -0.05) is 0 Å². The Labute approximate surface area is 108 Å². The number of thiophene rings is 1. The van der Waals surface area contributed by atoms with Gasteiger partial charge in [0.15, 0.2) is 0 Å². The fourth-order valence-corrected chi connectivity index (χ4v) is 2.61. The van der Waals surface area contributed by atoms with E-state index in [0.717, 1.165) is 11.3 Å². The zero-order chi connectivity index (χ0) is 13.3. The number of hydrogen-bond acceptors (Lipinski definition) is 3. The Hall–Kier alpha value is -1.88. The summed E-state index contributed by atoms with van der Waals surface area (Å²) in [6, 6.07) is 3.66. The van der Waals surface area contributed by atoms with Gasteiger partial charge in [0, 0.05) is 5.69 Å². The Morgan fingerprint density at radius 3 is 2.72 bits per heavy atom. The number of nitrogens with zero attached hydrogens (tertiary/aromatic N) is 1. The molecule has 0 saturated carbocycles. The van der Waals surface area contributed by atoms with Crippen LogP contribution in [-0.2, 0) is 6.54 Å². The van der Waals surface area contributed by atoms with Crippen LogP contribution in [0.15, 0.2) is 27.7 Å². The molecule has 0 aliphatic rings. The van der Waals surface area contributed by atoms with Crippen molar-refractivity contribution < 1.29 is 9.90 Å². The van der Waals surface area contributed by atoms with E-state index in [1.54, 1.807) is 24.3 Å². The summed E-state index contributed by atoms with van der Waals surface area (Å²) >= 11 is 1.55. The van der Waals surface area contributed by atoms with Gasteiger partial charge in [-0.25, -0.2) is 4.79 Å². The van der Waals surface area contributed by atoms with E-state index in [-0.39, 0.29) is 5.56 Å². The van der Waals surface area contributed by atoms with Crippen LogP contribution in [-0.4, -0.2) is 15.6 Å². The van der Waals surface area contributed by atoms with Crippen molar-refractivity contribution in [3.05, 3.63) is 55.6 Å². The van der Waals surface area contributed by atoms with Crippen molar-refractivity contribution >= 4 is 17.3 Å². The second-order valence-electron chi connectivity index (χ2n) is 4.17. The number of hydrogen-bond donors (Lipinski definition) is 1. The van der Waals surface area contributed by atoms with Crippen LogP contribution in [0.25, 0.3) is 0 Å². The molecule has 0 atom stereocenters. The Balaban J connectivity index is 2.57. The minimum absolute atomic E-state index is 0.143. The zero-order valence-corrected chi connectivity index (χ0v) is 11.0. The summed E-state index contributed by atoms with van der Waals surface area (Å²) in [7, 11) is 0. The van der Waals surface area contributed by atoms with E-state index in [0.29, 0.717) is 12.1 Å². The highest BCUT2D eigenvalue weighted by molar-refractivity contribution is 7.07. The molecule has 2 rings (SSSR count). The van der Waals surface area contributed by atoms with Crippen molar-refractivity contribution in [3.63, 3.8) is 0 Å². The number of carboxylic acids is 1. The number of carboxylic acid groups (broad SMARTS) is 1. The van der Waals surface area contributed by atoms with Crippen molar-refractivity contribution in [2.75, 3.05) is 0 Å². The SMILES string of the molecule is Cc1cc(C)n(Cc2ccsc2)c(=O)c1C(=O)O. The maximum Gasteiger partial charge on any atom is 0.341 e. The van der Waals surface area contributed by atoms with Gasteiger partial charge in [0.25, 0.3) is 5.56 Å². The number of pyridine rings is 1. The Bertz CT molecular complexity index is 641. The second kappa shape index (κ2) is 4.78. The molecule has 2 heterocycles. The molecule has 2 aromatic heterocycles. The summed E-state index contributed by atoms with van der Waals surface area (Å²) in [6.07, 6.45) is 0. The normalized spacial score (nSPS) is 10.6. The zero-order valence-electron chi connectivity index (χ0n) is 10.1. The molecule has 5 heteroatoms. The van der Waals surface area contributed by atoms with E-state index in [4.69, 9.17) is 5.11 Å². The summed E-state index contributed by atoms with van der Waals surface area (Å²) in [5.41, 5.74) is 1.70. The van der Waals surface area contributed by atoms with Crippen molar-refractivity contribution in [1.82, 2.24) is 4.57 Å². The molecule has 0 amide bonds. The van der Waals surface area contributed by atoms with Crippen LogP contribution in [0.5, 0.6) is 0 Å². The van der Waals surface area contributed by atoms with Crippen molar-refractivity contribution in [1.29, 1.82) is 0 Å². The van der Waals surface area contributed by atoms with Crippen LogP contribution >= 0.6 is 11.3 Å². The molecule has 0 aliphatic heterocycles. The standard InChI is InChI=1S/C13H13NO3S/c1-8-5-9(2)14(6-10-3-4-18-7-10)12(15)11(8)13(16)17/h3-5,7H,6H2,1-2H3,(H,16,17). The van der Waals surface area contributed by atoms with Crippen LogP contribution in [0.2, 0.25) is 0 Å². The van der Waals surface area contributed by atoms with E-state index in [1.165, 1.54) is 4.57 Å². The topological polar surface area (TPSA) is 59.3 Å². The second-order valence-corrected chi connectivity index (χ2v) is 4.95. The smallest absolute Gasteiger partial charge is 0.341 e. The Kier molecular flexibility index (Phi) is 3.34. The molecule has 0 saturated heterocycles.